The molecule has 0 aromatic carbocycles. The predicted octanol–water partition coefficient (Wildman–Crippen LogP) is 0.535. The molecule has 3 atom stereocenters. The molecule has 6 heteroatoms. The van der Waals surface area contributed by atoms with Gasteiger partial charge in [-0.1, -0.05) is 6.07 Å². The van der Waals surface area contributed by atoms with Gasteiger partial charge >= 0.3 is 0 Å². The second-order valence-electron chi connectivity index (χ2n) is 6.75. The van der Waals surface area contributed by atoms with E-state index in [2.05, 4.69) is 4.98 Å². The van der Waals surface area contributed by atoms with Crippen LogP contribution in [0.4, 0.5) is 0 Å². The van der Waals surface area contributed by atoms with Crippen molar-refractivity contribution < 1.29 is 14.3 Å². The lowest BCUT2D eigenvalue weighted by molar-refractivity contribution is -0.136. The maximum absolute atomic E-state index is 12.6. The highest BCUT2D eigenvalue weighted by molar-refractivity contribution is 5.85. The van der Waals surface area contributed by atoms with Crippen LogP contribution < -0.4 is 0 Å². The van der Waals surface area contributed by atoms with Gasteiger partial charge in [0.2, 0.25) is 11.8 Å². The largest absolute Gasteiger partial charge is 0.381 e. The van der Waals surface area contributed by atoms with E-state index in [0.29, 0.717) is 32.8 Å². The maximum atomic E-state index is 12.6. The van der Waals surface area contributed by atoms with E-state index >= 15 is 0 Å². The van der Waals surface area contributed by atoms with Crippen molar-refractivity contribution in [3.8, 4) is 0 Å². The quantitative estimate of drug-likeness (QED) is 0.816. The highest BCUT2D eigenvalue weighted by atomic mass is 16.5. The van der Waals surface area contributed by atoms with Crippen molar-refractivity contribution in [3.05, 3.63) is 30.1 Å². The molecule has 3 fully saturated rings. The Morgan fingerprint density at radius 2 is 2.26 bits per heavy atom. The molecule has 2 amide bonds. The number of amides is 2. The smallest absolute Gasteiger partial charge is 0.228 e. The first-order valence-electron chi connectivity index (χ1n) is 8.26. The molecule has 0 radical (unpaired) electrons. The van der Waals surface area contributed by atoms with E-state index in [1.54, 1.807) is 12.4 Å². The number of pyridine rings is 1. The number of nitrogens with zero attached hydrogens (tertiary/aromatic N) is 3. The molecule has 3 aliphatic rings. The number of fused-ring (bicyclic) bond motifs is 1. The highest BCUT2D eigenvalue weighted by Gasteiger charge is 2.48. The standard InChI is InChI=1S/C17H21N3O3/c21-16(13-3-5-23-11-13)20-9-14-8-19(17(22)15(14)10-20)7-12-2-1-4-18-6-12/h1-2,4,6,13-15H,3,5,7-11H2/t13-,14-,15+/m1/s1. The van der Waals surface area contributed by atoms with Crippen molar-refractivity contribution in [2.45, 2.75) is 13.0 Å². The second kappa shape index (κ2) is 5.92. The fraction of sp³-hybridized carbons (Fsp3) is 0.588. The third kappa shape index (κ3) is 2.72. The Labute approximate surface area is 135 Å². The Bertz CT molecular complexity index is 600. The van der Waals surface area contributed by atoms with Crippen LogP contribution in [0.2, 0.25) is 0 Å². The van der Waals surface area contributed by atoms with Gasteiger partial charge < -0.3 is 14.5 Å². The summed E-state index contributed by atoms with van der Waals surface area (Å²) in [4.78, 5) is 33.0. The fourth-order valence-electron chi connectivity index (χ4n) is 3.97. The van der Waals surface area contributed by atoms with E-state index < -0.39 is 0 Å². The first kappa shape index (κ1) is 14.6. The minimum atomic E-state index is -0.0297. The van der Waals surface area contributed by atoms with Crippen molar-refractivity contribution >= 4 is 11.8 Å². The van der Waals surface area contributed by atoms with Gasteiger partial charge in [0.15, 0.2) is 0 Å². The molecule has 0 saturated carbocycles. The van der Waals surface area contributed by atoms with E-state index in [9.17, 15) is 9.59 Å². The van der Waals surface area contributed by atoms with Crippen LogP contribution in [0.3, 0.4) is 0 Å². The molecular formula is C17H21N3O3. The summed E-state index contributed by atoms with van der Waals surface area (Å²) in [5.41, 5.74) is 1.05. The Hall–Kier alpha value is -1.95. The van der Waals surface area contributed by atoms with Crippen molar-refractivity contribution in [2.75, 3.05) is 32.8 Å². The average Bonchev–Trinajstić information content (AvgIpc) is 3.28. The van der Waals surface area contributed by atoms with Crippen LogP contribution in [-0.4, -0.2) is 59.4 Å². The van der Waals surface area contributed by atoms with Gasteiger partial charge in [-0.3, -0.25) is 14.6 Å². The number of aromatic nitrogens is 1. The molecule has 23 heavy (non-hydrogen) atoms. The van der Waals surface area contributed by atoms with Crippen LogP contribution >= 0.6 is 0 Å². The van der Waals surface area contributed by atoms with E-state index in [4.69, 9.17) is 4.74 Å². The van der Waals surface area contributed by atoms with Crippen molar-refractivity contribution in [2.24, 2.45) is 17.8 Å². The van der Waals surface area contributed by atoms with Gasteiger partial charge in [-0.2, -0.15) is 0 Å². The second-order valence-corrected chi connectivity index (χ2v) is 6.75. The summed E-state index contributed by atoms with van der Waals surface area (Å²) < 4.78 is 5.31. The molecule has 3 aliphatic heterocycles. The SMILES string of the molecule is O=C([C@@H]1CCOC1)N1C[C@H]2CN(Cc3cccnc3)C(=O)[C@H]2C1. The number of hydrogen-bond donors (Lipinski definition) is 0. The number of carbonyl (C=O) groups excluding carboxylic acids is 2. The third-order valence-corrected chi connectivity index (χ3v) is 5.21. The van der Waals surface area contributed by atoms with Gasteiger partial charge in [0.1, 0.15) is 0 Å². The van der Waals surface area contributed by atoms with Gasteiger partial charge in [0.05, 0.1) is 18.4 Å². The lowest BCUT2D eigenvalue weighted by atomic mass is 10.0. The van der Waals surface area contributed by atoms with Gasteiger partial charge in [0, 0.05) is 51.1 Å². The van der Waals surface area contributed by atoms with Crippen LogP contribution in [0.5, 0.6) is 0 Å². The Balaban J connectivity index is 1.38. The normalized spacial score (nSPS) is 30.1. The summed E-state index contributed by atoms with van der Waals surface area (Å²) in [7, 11) is 0. The van der Waals surface area contributed by atoms with Crippen LogP contribution in [-0.2, 0) is 20.9 Å². The molecule has 0 aliphatic carbocycles. The molecule has 0 unspecified atom stereocenters. The van der Waals surface area contributed by atoms with Gasteiger partial charge in [0.25, 0.3) is 0 Å². The zero-order valence-electron chi connectivity index (χ0n) is 13.1. The summed E-state index contributed by atoms with van der Waals surface area (Å²) >= 11 is 0. The molecule has 0 spiro atoms. The summed E-state index contributed by atoms with van der Waals surface area (Å²) in [6, 6.07) is 3.88. The average molecular weight is 315 g/mol. The van der Waals surface area contributed by atoms with Crippen molar-refractivity contribution in [1.82, 2.24) is 14.8 Å². The van der Waals surface area contributed by atoms with Crippen molar-refractivity contribution in [3.63, 3.8) is 0 Å². The topological polar surface area (TPSA) is 62.7 Å². The summed E-state index contributed by atoms with van der Waals surface area (Å²) in [6.07, 6.45) is 4.35. The lowest BCUT2D eigenvalue weighted by Gasteiger charge is -2.23. The van der Waals surface area contributed by atoms with E-state index in [0.717, 1.165) is 18.5 Å². The first-order chi connectivity index (χ1) is 11.2. The maximum Gasteiger partial charge on any atom is 0.228 e. The fourth-order valence-corrected chi connectivity index (χ4v) is 3.97. The van der Waals surface area contributed by atoms with Crippen LogP contribution in [0.25, 0.3) is 0 Å². The molecule has 0 bridgehead atoms. The van der Waals surface area contributed by atoms with Gasteiger partial charge in [-0.25, -0.2) is 0 Å². The molecule has 4 heterocycles. The van der Waals surface area contributed by atoms with Gasteiger partial charge in [-0.15, -0.1) is 0 Å². The third-order valence-electron chi connectivity index (χ3n) is 5.21. The Kier molecular flexibility index (Phi) is 3.77. The number of ether oxygens (including phenoxy) is 1. The van der Waals surface area contributed by atoms with Crippen LogP contribution in [0.15, 0.2) is 24.5 Å². The lowest BCUT2D eigenvalue weighted by Crippen LogP contribution is -2.38. The van der Waals surface area contributed by atoms with E-state index in [-0.39, 0.29) is 29.6 Å². The molecule has 6 nitrogen and oxygen atoms in total. The number of hydrogen-bond acceptors (Lipinski definition) is 4. The summed E-state index contributed by atoms with van der Waals surface area (Å²) in [5, 5.41) is 0. The zero-order valence-corrected chi connectivity index (χ0v) is 13.1. The molecule has 4 rings (SSSR count). The number of rotatable bonds is 3. The molecule has 1 aromatic heterocycles. The summed E-state index contributed by atoms with van der Waals surface area (Å²) in [6.45, 7) is 3.84. The van der Waals surface area contributed by atoms with E-state index in [1.165, 1.54) is 0 Å². The summed E-state index contributed by atoms with van der Waals surface area (Å²) in [5.74, 6) is 0.583. The van der Waals surface area contributed by atoms with Gasteiger partial charge in [-0.05, 0) is 18.1 Å². The minimum absolute atomic E-state index is 0.00424. The molecule has 0 N–H and O–H groups in total. The van der Waals surface area contributed by atoms with Crippen molar-refractivity contribution in [1.29, 1.82) is 0 Å². The highest BCUT2D eigenvalue weighted by Crippen LogP contribution is 2.34. The number of likely N-dealkylation sites (tertiary alicyclic amines) is 2. The molecule has 3 saturated heterocycles. The molecular weight excluding hydrogens is 294 g/mol. The van der Waals surface area contributed by atoms with Crippen LogP contribution in [0, 0.1) is 17.8 Å². The van der Waals surface area contributed by atoms with Crippen LogP contribution in [0.1, 0.15) is 12.0 Å². The first-order valence-corrected chi connectivity index (χ1v) is 8.26. The zero-order chi connectivity index (χ0) is 15.8. The molecule has 1 aromatic rings. The predicted molar refractivity (Wildman–Crippen MR) is 82.1 cm³/mol. The Morgan fingerprint density at radius 1 is 1.35 bits per heavy atom. The minimum Gasteiger partial charge on any atom is -0.381 e. The Morgan fingerprint density at radius 3 is 2.96 bits per heavy atom. The number of carbonyl (C=O) groups is 2. The molecule has 122 valence electrons. The van der Waals surface area contributed by atoms with E-state index in [1.807, 2.05) is 21.9 Å². The monoisotopic (exact) mass is 315 g/mol.